The fraction of sp³-hybridized carbons (Fsp3) is 0.103. The predicted molar refractivity (Wildman–Crippen MR) is 135 cm³/mol. The Morgan fingerprint density at radius 3 is 2.03 bits per heavy atom. The van der Waals surface area contributed by atoms with Crippen molar-refractivity contribution in [1.82, 2.24) is 5.32 Å². The number of rotatable bonds is 7. The molecule has 0 spiro atoms. The second-order valence-electron chi connectivity index (χ2n) is 8.36. The highest BCUT2D eigenvalue weighted by Gasteiger charge is 2.33. The van der Waals surface area contributed by atoms with Crippen molar-refractivity contribution in [2.75, 3.05) is 18.1 Å². The van der Waals surface area contributed by atoms with Gasteiger partial charge in [0.1, 0.15) is 0 Å². The molecule has 4 aromatic carbocycles. The maximum Gasteiger partial charge on any atom is 0.338 e. The van der Waals surface area contributed by atoms with E-state index >= 15 is 0 Å². The number of esters is 1. The highest BCUT2D eigenvalue weighted by atomic mass is 16.5. The third-order valence-corrected chi connectivity index (χ3v) is 6.05. The number of amides is 3. The van der Waals surface area contributed by atoms with Crippen LogP contribution in [0.15, 0.2) is 91.0 Å². The average molecular weight is 479 g/mol. The van der Waals surface area contributed by atoms with Crippen LogP contribution < -0.4 is 10.2 Å². The zero-order chi connectivity index (χ0) is 25.1. The number of nitrogens with zero attached hydrogens (tertiary/aromatic N) is 1. The van der Waals surface area contributed by atoms with Gasteiger partial charge in [0.2, 0.25) is 0 Å². The van der Waals surface area contributed by atoms with Crippen LogP contribution in [-0.4, -0.2) is 36.8 Å². The lowest BCUT2D eigenvalue weighted by Gasteiger charge is -2.27. The van der Waals surface area contributed by atoms with Crippen molar-refractivity contribution in [2.24, 2.45) is 0 Å². The molecule has 5 rings (SSSR count). The minimum Gasteiger partial charge on any atom is -0.452 e. The molecular weight excluding hydrogens is 456 g/mol. The third kappa shape index (κ3) is 4.46. The molecule has 7 nitrogen and oxygen atoms in total. The molecule has 1 heterocycles. The standard InChI is InChI=1S/C29H22N2O5/c32-25(30-17-16-19-6-2-1-3-7-19)18-36-29(35)21-12-14-22(15-13-21)31-27(33)23-10-4-8-20-9-5-11-24(26(20)23)28(31)34/h1-15H,16-18H2,(H,30,32). The molecular formula is C29H22N2O5. The van der Waals surface area contributed by atoms with Crippen LogP contribution in [0.4, 0.5) is 5.69 Å². The quantitative estimate of drug-likeness (QED) is 0.318. The molecule has 0 fully saturated rings. The largest absolute Gasteiger partial charge is 0.452 e. The normalized spacial score (nSPS) is 12.5. The molecule has 0 radical (unpaired) electrons. The van der Waals surface area contributed by atoms with Crippen molar-refractivity contribution < 1.29 is 23.9 Å². The minimum atomic E-state index is -0.675. The Hall–Kier alpha value is -4.78. The van der Waals surface area contributed by atoms with Crippen LogP contribution in [-0.2, 0) is 16.0 Å². The second kappa shape index (κ2) is 9.84. The van der Waals surface area contributed by atoms with E-state index < -0.39 is 30.3 Å². The zero-order valence-electron chi connectivity index (χ0n) is 19.3. The van der Waals surface area contributed by atoms with E-state index in [0.29, 0.717) is 35.2 Å². The van der Waals surface area contributed by atoms with Crippen LogP contribution in [0.1, 0.15) is 36.6 Å². The highest BCUT2D eigenvalue weighted by Crippen LogP contribution is 2.32. The molecule has 1 N–H and O–H groups in total. The Labute approximate surface area is 207 Å². The van der Waals surface area contributed by atoms with Crippen LogP contribution in [0.5, 0.6) is 0 Å². The Bertz CT molecular complexity index is 1430. The fourth-order valence-corrected chi connectivity index (χ4v) is 4.27. The van der Waals surface area contributed by atoms with Crippen molar-refractivity contribution in [3.63, 3.8) is 0 Å². The van der Waals surface area contributed by atoms with Crippen molar-refractivity contribution in [2.45, 2.75) is 6.42 Å². The summed E-state index contributed by atoms with van der Waals surface area (Å²) in [7, 11) is 0. The molecule has 3 amide bonds. The van der Waals surface area contributed by atoms with Gasteiger partial charge >= 0.3 is 5.97 Å². The van der Waals surface area contributed by atoms with Crippen molar-refractivity contribution in [1.29, 1.82) is 0 Å². The summed E-state index contributed by atoms with van der Waals surface area (Å²) in [6, 6.07) is 26.4. The van der Waals surface area contributed by atoms with E-state index in [4.69, 9.17) is 4.74 Å². The second-order valence-corrected chi connectivity index (χ2v) is 8.36. The van der Waals surface area contributed by atoms with E-state index in [-0.39, 0.29) is 5.56 Å². The summed E-state index contributed by atoms with van der Waals surface area (Å²) in [4.78, 5) is 51.8. The number of nitrogens with one attached hydrogen (secondary N) is 1. The number of hydrogen-bond acceptors (Lipinski definition) is 5. The van der Waals surface area contributed by atoms with E-state index in [2.05, 4.69) is 5.32 Å². The minimum absolute atomic E-state index is 0.204. The summed E-state index contributed by atoms with van der Waals surface area (Å²) in [5, 5.41) is 4.19. The van der Waals surface area contributed by atoms with Gasteiger partial charge in [0, 0.05) is 23.1 Å². The molecule has 4 aromatic rings. The molecule has 178 valence electrons. The van der Waals surface area contributed by atoms with Gasteiger partial charge in [-0.25, -0.2) is 9.69 Å². The van der Waals surface area contributed by atoms with Crippen LogP contribution in [0.25, 0.3) is 10.8 Å². The summed E-state index contributed by atoms with van der Waals surface area (Å²) >= 11 is 0. The van der Waals surface area contributed by atoms with Crippen molar-refractivity contribution >= 4 is 40.2 Å². The molecule has 1 aliphatic heterocycles. The number of imide groups is 1. The van der Waals surface area contributed by atoms with Gasteiger partial charge in [0.05, 0.1) is 11.3 Å². The number of carbonyl (C=O) groups is 4. The van der Waals surface area contributed by atoms with E-state index in [1.54, 1.807) is 24.3 Å². The number of carbonyl (C=O) groups excluding carboxylic acids is 4. The molecule has 36 heavy (non-hydrogen) atoms. The van der Waals surface area contributed by atoms with Crippen molar-refractivity contribution in [3.05, 3.63) is 113 Å². The van der Waals surface area contributed by atoms with Gasteiger partial charge in [-0.1, -0.05) is 54.6 Å². The molecule has 0 saturated heterocycles. The first-order chi connectivity index (χ1) is 17.5. The SMILES string of the molecule is O=C(COC(=O)c1ccc(N2C(=O)c3cccc4cccc(c34)C2=O)cc1)NCCc1ccccc1. The predicted octanol–water partition coefficient (Wildman–Crippen LogP) is 4.16. The third-order valence-electron chi connectivity index (χ3n) is 6.05. The summed E-state index contributed by atoms with van der Waals surface area (Å²) in [5.41, 5.74) is 2.54. The lowest BCUT2D eigenvalue weighted by Crippen LogP contribution is -2.40. The lowest BCUT2D eigenvalue weighted by atomic mass is 9.94. The Balaban J connectivity index is 1.21. The molecule has 0 unspecified atom stereocenters. The van der Waals surface area contributed by atoms with E-state index in [1.165, 1.54) is 24.3 Å². The topological polar surface area (TPSA) is 92.8 Å². The first-order valence-electron chi connectivity index (χ1n) is 11.5. The number of anilines is 1. The summed E-state index contributed by atoms with van der Waals surface area (Å²) in [5.74, 6) is -1.92. The summed E-state index contributed by atoms with van der Waals surface area (Å²) in [6.07, 6.45) is 0.676. The van der Waals surface area contributed by atoms with Gasteiger partial charge in [-0.05, 0) is 53.8 Å². The van der Waals surface area contributed by atoms with E-state index in [1.807, 2.05) is 42.5 Å². The maximum atomic E-state index is 13.2. The van der Waals surface area contributed by atoms with Crippen LogP contribution in [0.3, 0.4) is 0 Å². The molecule has 0 saturated carbocycles. The monoisotopic (exact) mass is 478 g/mol. The molecule has 0 bridgehead atoms. The first-order valence-corrected chi connectivity index (χ1v) is 11.5. The van der Waals surface area contributed by atoms with Gasteiger partial charge < -0.3 is 10.1 Å². The molecule has 7 heteroatoms. The lowest BCUT2D eigenvalue weighted by molar-refractivity contribution is -0.124. The van der Waals surface area contributed by atoms with E-state index in [9.17, 15) is 19.2 Å². The maximum absolute atomic E-state index is 13.2. The van der Waals surface area contributed by atoms with Crippen molar-refractivity contribution in [3.8, 4) is 0 Å². The van der Waals surface area contributed by atoms with Crippen LogP contribution in [0, 0.1) is 0 Å². The van der Waals surface area contributed by atoms with Gasteiger partial charge in [-0.3, -0.25) is 14.4 Å². The fourth-order valence-electron chi connectivity index (χ4n) is 4.27. The van der Waals surface area contributed by atoms with Gasteiger partial charge in [-0.15, -0.1) is 0 Å². The summed E-state index contributed by atoms with van der Waals surface area (Å²) in [6.45, 7) is 0.0308. The summed E-state index contributed by atoms with van der Waals surface area (Å²) < 4.78 is 5.11. The Kier molecular flexibility index (Phi) is 6.28. The molecule has 0 aromatic heterocycles. The van der Waals surface area contributed by atoms with Crippen LogP contribution >= 0.6 is 0 Å². The van der Waals surface area contributed by atoms with Crippen LogP contribution in [0.2, 0.25) is 0 Å². The zero-order valence-corrected chi connectivity index (χ0v) is 19.3. The Morgan fingerprint density at radius 1 is 0.750 bits per heavy atom. The smallest absolute Gasteiger partial charge is 0.338 e. The molecule has 1 aliphatic rings. The first kappa shape index (κ1) is 23.0. The molecule has 0 atom stereocenters. The van der Waals surface area contributed by atoms with E-state index in [0.717, 1.165) is 15.8 Å². The average Bonchev–Trinajstić information content (AvgIpc) is 2.91. The highest BCUT2D eigenvalue weighted by molar-refractivity contribution is 6.35. The molecule has 0 aliphatic carbocycles. The Morgan fingerprint density at radius 2 is 1.39 bits per heavy atom. The van der Waals surface area contributed by atoms with Gasteiger partial charge in [0.15, 0.2) is 6.61 Å². The van der Waals surface area contributed by atoms with Gasteiger partial charge in [-0.2, -0.15) is 0 Å². The number of ether oxygens (including phenoxy) is 1. The number of hydrogen-bond donors (Lipinski definition) is 1. The number of benzene rings is 4. The van der Waals surface area contributed by atoms with Gasteiger partial charge in [0.25, 0.3) is 17.7 Å².